The van der Waals surface area contributed by atoms with E-state index < -0.39 is 23.6 Å². The zero-order valence-electron chi connectivity index (χ0n) is 9.16. The molecule has 94 valence electrons. The molecule has 0 bridgehead atoms. The van der Waals surface area contributed by atoms with Gasteiger partial charge in [0.05, 0.1) is 11.5 Å². The minimum Gasteiger partial charge on any atom is -0.481 e. The maximum absolute atomic E-state index is 12.7. The molecule has 3 nitrogen and oxygen atoms in total. The second kappa shape index (κ2) is 5.16. The summed E-state index contributed by atoms with van der Waals surface area (Å²) in [5.74, 6) is -2.42. The quantitative estimate of drug-likeness (QED) is 0.889. The molecule has 0 aliphatic rings. The van der Waals surface area contributed by atoms with Crippen molar-refractivity contribution in [1.82, 2.24) is 4.98 Å². The Morgan fingerprint density at radius 3 is 2.65 bits per heavy atom. The van der Waals surface area contributed by atoms with Crippen molar-refractivity contribution in [2.24, 2.45) is 0 Å². The van der Waals surface area contributed by atoms with E-state index in [9.17, 15) is 18.0 Å². The molecule has 1 aromatic rings. The van der Waals surface area contributed by atoms with Gasteiger partial charge >= 0.3 is 12.1 Å². The van der Waals surface area contributed by atoms with E-state index in [0.717, 1.165) is 18.5 Å². The molecule has 0 saturated carbocycles. The number of aliphatic carboxylic acids is 1. The van der Waals surface area contributed by atoms with Gasteiger partial charge in [-0.1, -0.05) is 13.3 Å². The molecule has 1 heterocycles. The van der Waals surface area contributed by atoms with Gasteiger partial charge < -0.3 is 5.11 Å². The number of hydrogen-bond acceptors (Lipinski definition) is 2. The number of hydrogen-bond donors (Lipinski definition) is 1. The Morgan fingerprint density at radius 1 is 1.53 bits per heavy atom. The van der Waals surface area contributed by atoms with Crippen molar-refractivity contribution >= 4 is 5.97 Å². The fourth-order valence-corrected chi connectivity index (χ4v) is 1.64. The van der Waals surface area contributed by atoms with Crippen LogP contribution in [-0.4, -0.2) is 16.1 Å². The minimum atomic E-state index is -4.56. The Balaban J connectivity index is 3.23. The first-order valence-corrected chi connectivity index (χ1v) is 5.11. The lowest BCUT2D eigenvalue weighted by atomic mass is 9.92. The summed E-state index contributed by atoms with van der Waals surface area (Å²) in [5, 5.41) is 8.95. The summed E-state index contributed by atoms with van der Waals surface area (Å²) in [6, 6.07) is 0.806. The van der Waals surface area contributed by atoms with Crippen LogP contribution in [0.2, 0.25) is 0 Å². The highest BCUT2D eigenvalue weighted by Gasteiger charge is 2.36. The van der Waals surface area contributed by atoms with Crippen molar-refractivity contribution in [3.05, 3.63) is 29.6 Å². The van der Waals surface area contributed by atoms with Gasteiger partial charge in [0.25, 0.3) is 0 Å². The Kier molecular flexibility index (Phi) is 4.09. The van der Waals surface area contributed by atoms with Crippen molar-refractivity contribution in [3.63, 3.8) is 0 Å². The largest absolute Gasteiger partial charge is 0.481 e. The summed E-state index contributed by atoms with van der Waals surface area (Å²) < 4.78 is 38.1. The predicted molar refractivity (Wildman–Crippen MR) is 54.5 cm³/mol. The Hall–Kier alpha value is -1.59. The minimum absolute atomic E-state index is 0.157. The van der Waals surface area contributed by atoms with E-state index in [4.69, 9.17) is 5.11 Å². The van der Waals surface area contributed by atoms with Crippen LogP contribution in [0.1, 0.15) is 36.8 Å². The van der Waals surface area contributed by atoms with Crippen molar-refractivity contribution in [3.8, 4) is 0 Å². The first-order chi connectivity index (χ1) is 7.88. The predicted octanol–water partition coefficient (Wildman–Crippen LogP) is 3.07. The zero-order chi connectivity index (χ0) is 13.1. The normalized spacial score (nSPS) is 13.4. The van der Waals surface area contributed by atoms with Gasteiger partial charge in [-0.3, -0.25) is 9.78 Å². The van der Waals surface area contributed by atoms with Gasteiger partial charge in [-0.05, 0) is 18.1 Å². The third-order valence-corrected chi connectivity index (χ3v) is 2.41. The number of rotatable bonds is 4. The average molecular weight is 247 g/mol. The van der Waals surface area contributed by atoms with Crippen LogP contribution in [0.4, 0.5) is 13.2 Å². The highest BCUT2D eigenvalue weighted by molar-refractivity contribution is 5.76. The molecule has 1 atom stereocenters. The molecule has 0 saturated heterocycles. The Bertz CT molecular complexity index is 404. The van der Waals surface area contributed by atoms with Crippen LogP contribution in [0.3, 0.4) is 0 Å². The lowest BCUT2D eigenvalue weighted by Crippen LogP contribution is -2.18. The first-order valence-electron chi connectivity index (χ1n) is 5.11. The Labute approximate surface area is 96.3 Å². The van der Waals surface area contributed by atoms with Gasteiger partial charge in [-0.15, -0.1) is 0 Å². The smallest absolute Gasteiger partial charge is 0.416 e. The average Bonchev–Trinajstić information content (AvgIpc) is 2.24. The molecule has 1 rings (SSSR count). The number of carboxylic acids is 1. The number of carbonyl (C=O) groups is 1. The molecule has 0 fully saturated rings. The van der Waals surface area contributed by atoms with E-state index in [1.165, 1.54) is 0 Å². The van der Waals surface area contributed by atoms with Gasteiger partial charge in [0, 0.05) is 12.4 Å². The molecule has 6 heteroatoms. The summed E-state index contributed by atoms with van der Waals surface area (Å²) in [7, 11) is 0. The van der Waals surface area contributed by atoms with Crippen LogP contribution in [0.15, 0.2) is 18.5 Å². The van der Waals surface area contributed by atoms with Gasteiger partial charge in [0.15, 0.2) is 0 Å². The summed E-state index contributed by atoms with van der Waals surface area (Å²) in [5.41, 5.74) is -1.19. The summed E-state index contributed by atoms with van der Waals surface area (Å²) in [4.78, 5) is 14.6. The van der Waals surface area contributed by atoms with Crippen LogP contribution in [0.25, 0.3) is 0 Å². The lowest BCUT2D eigenvalue weighted by molar-refractivity contribution is -0.141. The van der Waals surface area contributed by atoms with Crippen LogP contribution >= 0.6 is 0 Å². The van der Waals surface area contributed by atoms with E-state index in [2.05, 4.69) is 4.98 Å². The highest BCUT2D eigenvalue weighted by atomic mass is 19.4. The fraction of sp³-hybridized carbons (Fsp3) is 0.455. The molecule has 0 amide bonds. The highest BCUT2D eigenvalue weighted by Crippen LogP contribution is 2.36. The summed E-state index contributed by atoms with van der Waals surface area (Å²) >= 11 is 0. The molecule has 0 aliphatic heterocycles. The summed E-state index contributed by atoms with van der Waals surface area (Å²) in [6.07, 6.45) is -1.92. The fourth-order valence-electron chi connectivity index (χ4n) is 1.64. The van der Waals surface area contributed by atoms with Gasteiger partial charge in [-0.2, -0.15) is 13.2 Å². The van der Waals surface area contributed by atoms with Crippen LogP contribution < -0.4 is 0 Å². The van der Waals surface area contributed by atoms with Gasteiger partial charge in [0.1, 0.15) is 0 Å². The third kappa shape index (κ3) is 3.18. The number of halogens is 3. The molecule has 17 heavy (non-hydrogen) atoms. The number of alkyl halides is 3. The standard InChI is InChI=1S/C11H12F3NO2/c1-2-3-7(10(16)17)8-6-15-5-4-9(8)11(12,13)14/h4-7H,2-3H2,1H3,(H,16,17). The monoisotopic (exact) mass is 247 g/mol. The first kappa shape index (κ1) is 13.5. The molecular weight excluding hydrogens is 235 g/mol. The number of nitrogens with zero attached hydrogens (tertiary/aromatic N) is 1. The zero-order valence-corrected chi connectivity index (χ0v) is 9.16. The molecule has 0 aromatic carbocycles. The summed E-state index contributed by atoms with van der Waals surface area (Å²) in [6.45, 7) is 1.72. The molecular formula is C11H12F3NO2. The van der Waals surface area contributed by atoms with Crippen molar-refractivity contribution < 1.29 is 23.1 Å². The molecule has 0 spiro atoms. The number of carboxylic acid groups (broad SMARTS) is 1. The Morgan fingerprint density at radius 2 is 2.18 bits per heavy atom. The van der Waals surface area contributed by atoms with Gasteiger partial charge in [-0.25, -0.2) is 0 Å². The van der Waals surface area contributed by atoms with E-state index in [1.807, 2.05) is 0 Å². The number of pyridine rings is 1. The van der Waals surface area contributed by atoms with E-state index >= 15 is 0 Å². The third-order valence-electron chi connectivity index (χ3n) is 2.41. The molecule has 0 radical (unpaired) electrons. The van der Waals surface area contributed by atoms with Crippen LogP contribution in [0.5, 0.6) is 0 Å². The second-order valence-electron chi connectivity index (χ2n) is 3.64. The topological polar surface area (TPSA) is 50.2 Å². The number of aromatic nitrogens is 1. The molecule has 1 aromatic heterocycles. The van der Waals surface area contributed by atoms with E-state index in [1.54, 1.807) is 6.92 Å². The molecule has 1 unspecified atom stereocenters. The van der Waals surface area contributed by atoms with E-state index in [-0.39, 0.29) is 12.0 Å². The SMILES string of the molecule is CCCC(C(=O)O)c1cnccc1C(F)(F)F. The maximum Gasteiger partial charge on any atom is 0.416 e. The van der Waals surface area contributed by atoms with Crippen molar-refractivity contribution in [2.45, 2.75) is 31.9 Å². The van der Waals surface area contributed by atoms with Gasteiger partial charge in [0.2, 0.25) is 0 Å². The van der Waals surface area contributed by atoms with Crippen molar-refractivity contribution in [1.29, 1.82) is 0 Å². The molecule has 0 aliphatic carbocycles. The van der Waals surface area contributed by atoms with E-state index in [0.29, 0.717) is 6.42 Å². The molecule has 1 N–H and O–H groups in total. The van der Waals surface area contributed by atoms with Crippen molar-refractivity contribution in [2.75, 3.05) is 0 Å². The lowest BCUT2D eigenvalue weighted by Gasteiger charge is -2.17. The van der Waals surface area contributed by atoms with Crippen LogP contribution in [-0.2, 0) is 11.0 Å². The second-order valence-corrected chi connectivity index (χ2v) is 3.64. The maximum atomic E-state index is 12.7. The van der Waals surface area contributed by atoms with Crippen LogP contribution in [0, 0.1) is 0 Å².